The van der Waals surface area contributed by atoms with Gasteiger partial charge in [0.2, 0.25) is 5.91 Å². The molecule has 2 N–H and O–H groups in total. The highest BCUT2D eigenvalue weighted by molar-refractivity contribution is 7.80. The first-order valence-electron chi connectivity index (χ1n) is 7.20. The average Bonchev–Trinajstić information content (AvgIpc) is 2.74. The number of hydrogen-bond donors (Lipinski definition) is 2. The Hall–Kier alpha value is -1.45. The number of hydrogen-bond acceptors (Lipinski definition) is 4. The van der Waals surface area contributed by atoms with Crippen LogP contribution in [0.4, 0.5) is 5.00 Å². The van der Waals surface area contributed by atoms with Crippen molar-refractivity contribution in [3.8, 4) is 6.07 Å². The molecule has 1 heterocycles. The lowest BCUT2D eigenvalue weighted by molar-refractivity contribution is -0.119. The third-order valence-electron chi connectivity index (χ3n) is 3.58. The van der Waals surface area contributed by atoms with Crippen LogP contribution >= 0.6 is 23.6 Å². The Labute approximate surface area is 134 Å². The van der Waals surface area contributed by atoms with Gasteiger partial charge in [0.05, 0.1) is 5.56 Å². The molecule has 1 aromatic rings. The predicted octanol–water partition coefficient (Wildman–Crippen LogP) is 3.36. The number of fused-ring (bicyclic) bond motifs is 1. The molecular weight excluding hydrogens is 302 g/mol. The van der Waals surface area contributed by atoms with Crippen LogP contribution in [0, 0.1) is 17.2 Å². The van der Waals surface area contributed by atoms with Gasteiger partial charge in [-0.15, -0.1) is 11.3 Å². The summed E-state index contributed by atoms with van der Waals surface area (Å²) < 4.78 is 0. The van der Waals surface area contributed by atoms with Crippen molar-refractivity contribution in [1.29, 1.82) is 5.26 Å². The van der Waals surface area contributed by atoms with Gasteiger partial charge >= 0.3 is 0 Å². The molecule has 0 spiro atoms. The number of anilines is 1. The molecule has 0 unspecified atom stereocenters. The molecule has 1 aliphatic rings. The lowest BCUT2D eigenvalue weighted by Crippen LogP contribution is -2.33. The zero-order valence-corrected chi connectivity index (χ0v) is 13.9. The molecule has 0 fully saturated rings. The maximum absolute atomic E-state index is 11.5. The minimum Gasteiger partial charge on any atom is -0.323 e. The summed E-state index contributed by atoms with van der Waals surface area (Å²) in [6.07, 6.45) is 4.32. The molecule has 1 aromatic heterocycles. The Morgan fingerprint density at radius 3 is 3.00 bits per heavy atom. The van der Waals surface area contributed by atoms with E-state index in [4.69, 9.17) is 12.2 Å². The van der Waals surface area contributed by atoms with Gasteiger partial charge in [0.15, 0.2) is 5.11 Å². The Kier molecular flexibility index (Phi) is 5.32. The molecule has 1 atom stereocenters. The van der Waals surface area contributed by atoms with Crippen LogP contribution in [-0.4, -0.2) is 11.0 Å². The standard InChI is InChI=1S/C15H19N3OS2/c1-3-4-13(19)17-15(20)18-14-11(8-16)10-6-5-9(2)7-12(10)21-14/h9H,3-7H2,1-2H3,(H2,17,18,19,20)/t9-/m1/s1. The van der Waals surface area contributed by atoms with E-state index in [1.54, 1.807) is 11.3 Å². The minimum absolute atomic E-state index is 0.0940. The fourth-order valence-corrected chi connectivity index (χ4v) is 4.15. The summed E-state index contributed by atoms with van der Waals surface area (Å²) in [4.78, 5) is 12.8. The van der Waals surface area contributed by atoms with Gasteiger partial charge < -0.3 is 10.6 Å². The van der Waals surface area contributed by atoms with Crippen LogP contribution in [0.3, 0.4) is 0 Å². The molecule has 1 amide bonds. The van der Waals surface area contributed by atoms with Gasteiger partial charge in [-0.25, -0.2) is 0 Å². The Balaban J connectivity index is 2.12. The molecule has 0 radical (unpaired) electrons. The monoisotopic (exact) mass is 321 g/mol. The van der Waals surface area contributed by atoms with Gasteiger partial charge in [-0.2, -0.15) is 5.26 Å². The van der Waals surface area contributed by atoms with Crippen molar-refractivity contribution in [2.24, 2.45) is 5.92 Å². The van der Waals surface area contributed by atoms with E-state index in [9.17, 15) is 10.1 Å². The van der Waals surface area contributed by atoms with Crippen LogP contribution in [0.25, 0.3) is 0 Å². The van der Waals surface area contributed by atoms with E-state index in [-0.39, 0.29) is 11.0 Å². The third-order valence-corrected chi connectivity index (χ3v) is 4.95. The molecule has 0 saturated heterocycles. The van der Waals surface area contributed by atoms with Gasteiger partial charge in [-0.05, 0) is 49.4 Å². The van der Waals surface area contributed by atoms with E-state index >= 15 is 0 Å². The second-order valence-electron chi connectivity index (χ2n) is 5.42. The topological polar surface area (TPSA) is 64.9 Å². The molecule has 4 nitrogen and oxygen atoms in total. The number of amides is 1. The highest BCUT2D eigenvalue weighted by Crippen LogP contribution is 2.39. The van der Waals surface area contributed by atoms with Gasteiger partial charge in [0.1, 0.15) is 11.1 Å². The fraction of sp³-hybridized carbons (Fsp3) is 0.533. The largest absolute Gasteiger partial charge is 0.323 e. The molecule has 1 aliphatic carbocycles. The molecule has 2 rings (SSSR count). The molecule has 0 aromatic carbocycles. The molecule has 0 bridgehead atoms. The molecule has 0 aliphatic heterocycles. The summed E-state index contributed by atoms with van der Waals surface area (Å²) >= 11 is 6.74. The third kappa shape index (κ3) is 3.80. The number of thiocarbonyl (C=S) groups is 1. The average molecular weight is 321 g/mol. The molecule has 21 heavy (non-hydrogen) atoms. The van der Waals surface area contributed by atoms with Crippen LogP contribution in [-0.2, 0) is 17.6 Å². The molecule has 112 valence electrons. The first-order valence-corrected chi connectivity index (χ1v) is 8.43. The van der Waals surface area contributed by atoms with Crippen molar-refractivity contribution < 1.29 is 4.79 Å². The maximum atomic E-state index is 11.5. The number of rotatable bonds is 3. The Bertz CT molecular complexity index is 601. The van der Waals surface area contributed by atoms with Crippen LogP contribution in [0.15, 0.2) is 0 Å². The lowest BCUT2D eigenvalue weighted by atomic mass is 9.89. The van der Waals surface area contributed by atoms with Crippen LogP contribution in [0.2, 0.25) is 0 Å². The van der Waals surface area contributed by atoms with Crippen molar-refractivity contribution in [1.82, 2.24) is 5.32 Å². The lowest BCUT2D eigenvalue weighted by Gasteiger charge is -2.17. The Morgan fingerprint density at radius 2 is 2.33 bits per heavy atom. The Morgan fingerprint density at radius 1 is 1.57 bits per heavy atom. The van der Waals surface area contributed by atoms with Crippen LogP contribution in [0.1, 0.15) is 49.1 Å². The normalized spacial score (nSPS) is 16.7. The van der Waals surface area contributed by atoms with E-state index in [0.717, 1.165) is 36.2 Å². The first-order chi connectivity index (χ1) is 10.0. The second-order valence-corrected chi connectivity index (χ2v) is 6.93. The summed E-state index contributed by atoms with van der Waals surface area (Å²) in [5.74, 6) is 0.565. The second kappa shape index (κ2) is 7.01. The fourth-order valence-electron chi connectivity index (χ4n) is 2.51. The minimum atomic E-state index is -0.0940. The summed E-state index contributed by atoms with van der Waals surface area (Å²) in [7, 11) is 0. The van der Waals surface area contributed by atoms with Crippen molar-refractivity contribution in [3.05, 3.63) is 16.0 Å². The summed E-state index contributed by atoms with van der Waals surface area (Å²) in [6, 6.07) is 2.28. The number of thiophene rings is 1. The summed E-state index contributed by atoms with van der Waals surface area (Å²) in [5, 5.41) is 16.1. The number of nitriles is 1. The van der Waals surface area contributed by atoms with E-state index in [2.05, 4.69) is 23.6 Å². The maximum Gasteiger partial charge on any atom is 0.226 e. The SMILES string of the molecule is CCCC(=O)NC(=S)Nc1sc2c(c1C#N)CC[C@@H](C)C2. The van der Waals surface area contributed by atoms with E-state index in [1.807, 2.05) is 6.92 Å². The molecular formula is C15H19N3OS2. The zero-order chi connectivity index (χ0) is 15.4. The zero-order valence-electron chi connectivity index (χ0n) is 12.3. The molecule has 0 saturated carbocycles. The van der Waals surface area contributed by atoms with E-state index in [0.29, 0.717) is 17.9 Å². The van der Waals surface area contributed by atoms with E-state index < -0.39 is 0 Å². The molecule has 6 heteroatoms. The quantitative estimate of drug-likeness (QED) is 0.838. The van der Waals surface area contributed by atoms with Crippen molar-refractivity contribution >= 4 is 39.6 Å². The number of nitrogens with one attached hydrogen (secondary N) is 2. The summed E-state index contributed by atoms with van der Waals surface area (Å²) in [5.41, 5.74) is 1.85. The van der Waals surface area contributed by atoms with Gasteiger partial charge in [-0.1, -0.05) is 13.8 Å². The summed E-state index contributed by atoms with van der Waals surface area (Å²) in [6.45, 7) is 4.18. The van der Waals surface area contributed by atoms with Crippen LogP contribution in [0.5, 0.6) is 0 Å². The number of nitrogens with zero attached hydrogens (tertiary/aromatic N) is 1. The predicted molar refractivity (Wildman–Crippen MR) is 89.5 cm³/mol. The van der Waals surface area contributed by atoms with Gasteiger partial charge in [-0.3, -0.25) is 4.79 Å². The van der Waals surface area contributed by atoms with Crippen molar-refractivity contribution in [2.45, 2.75) is 46.0 Å². The number of carbonyl (C=O) groups is 1. The van der Waals surface area contributed by atoms with Gasteiger partial charge in [0.25, 0.3) is 0 Å². The first kappa shape index (κ1) is 15.9. The van der Waals surface area contributed by atoms with Crippen LogP contribution < -0.4 is 10.6 Å². The van der Waals surface area contributed by atoms with E-state index in [1.165, 1.54) is 4.88 Å². The highest BCUT2D eigenvalue weighted by Gasteiger charge is 2.24. The van der Waals surface area contributed by atoms with Crippen molar-refractivity contribution in [2.75, 3.05) is 5.32 Å². The van der Waals surface area contributed by atoms with Crippen molar-refractivity contribution in [3.63, 3.8) is 0 Å². The highest BCUT2D eigenvalue weighted by atomic mass is 32.1. The number of carbonyl (C=O) groups excluding carboxylic acids is 1. The van der Waals surface area contributed by atoms with Gasteiger partial charge in [0, 0.05) is 11.3 Å². The smallest absolute Gasteiger partial charge is 0.226 e.